The molecular formula is C12H10FN3O3S. The molecule has 2 aromatic rings. The third-order valence-electron chi connectivity index (χ3n) is 2.30. The molecule has 0 radical (unpaired) electrons. The Morgan fingerprint density at radius 1 is 1.40 bits per heavy atom. The fourth-order valence-electron chi connectivity index (χ4n) is 1.37. The van der Waals surface area contributed by atoms with Gasteiger partial charge in [-0.2, -0.15) is 0 Å². The van der Waals surface area contributed by atoms with Crippen molar-refractivity contribution in [2.45, 2.75) is 6.42 Å². The molecule has 0 aliphatic carbocycles. The first-order valence-corrected chi connectivity index (χ1v) is 6.36. The number of nitrogens with one attached hydrogen (secondary N) is 1. The number of anilines is 1. The number of rotatable bonds is 4. The predicted octanol–water partition coefficient (Wildman–Crippen LogP) is 1.64. The van der Waals surface area contributed by atoms with Gasteiger partial charge in [-0.15, -0.1) is 10.2 Å². The summed E-state index contributed by atoms with van der Waals surface area (Å²) >= 11 is 1.06. The molecule has 0 unspecified atom stereocenters. The molecule has 1 N–H and O–H groups in total. The number of benzene rings is 1. The Bertz CT molecular complexity index is 644. The van der Waals surface area contributed by atoms with Gasteiger partial charge in [-0.25, -0.2) is 4.39 Å². The highest BCUT2D eigenvalue weighted by molar-refractivity contribution is 7.15. The quantitative estimate of drug-likeness (QED) is 0.867. The topological polar surface area (TPSA) is 81.2 Å². The van der Waals surface area contributed by atoms with E-state index in [0.717, 1.165) is 17.4 Å². The molecule has 1 aromatic heterocycles. The lowest BCUT2D eigenvalue weighted by Crippen LogP contribution is -2.11. The van der Waals surface area contributed by atoms with Crippen molar-refractivity contribution < 1.29 is 18.7 Å². The fourth-order valence-corrected chi connectivity index (χ4v) is 2.09. The number of methoxy groups -OCH3 is 1. The lowest BCUT2D eigenvalue weighted by molar-refractivity contribution is -0.139. The van der Waals surface area contributed by atoms with Crippen molar-refractivity contribution in [2.24, 2.45) is 0 Å². The summed E-state index contributed by atoms with van der Waals surface area (Å²) in [5.41, 5.74) is 0.176. The standard InChI is InChI=1S/C12H10FN3O3S/c1-19-10(17)6-9-15-16-12(20-9)14-11(18)7-3-2-4-8(13)5-7/h2-5H,6H2,1H3,(H,14,16,18). The Morgan fingerprint density at radius 2 is 2.20 bits per heavy atom. The summed E-state index contributed by atoms with van der Waals surface area (Å²) in [5.74, 6) is -1.43. The van der Waals surface area contributed by atoms with Gasteiger partial charge in [0.05, 0.1) is 13.5 Å². The van der Waals surface area contributed by atoms with Crippen molar-refractivity contribution in [1.82, 2.24) is 10.2 Å². The lowest BCUT2D eigenvalue weighted by atomic mass is 10.2. The molecule has 6 nitrogen and oxygen atoms in total. The van der Waals surface area contributed by atoms with Crippen LogP contribution in [0.3, 0.4) is 0 Å². The summed E-state index contributed by atoms with van der Waals surface area (Å²) in [6, 6.07) is 5.28. The van der Waals surface area contributed by atoms with Crippen LogP contribution in [0.15, 0.2) is 24.3 Å². The summed E-state index contributed by atoms with van der Waals surface area (Å²) in [5, 5.41) is 10.6. The molecule has 0 aliphatic heterocycles. The van der Waals surface area contributed by atoms with Crippen LogP contribution in [0.5, 0.6) is 0 Å². The van der Waals surface area contributed by atoms with Gasteiger partial charge < -0.3 is 4.74 Å². The first-order valence-electron chi connectivity index (χ1n) is 5.54. The minimum atomic E-state index is -0.499. The second-order valence-electron chi connectivity index (χ2n) is 3.72. The normalized spacial score (nSPS) is 10.1. The molecule has 2 rings (SSSR count). The van der Waals surface area contributed by atoms with Crippen LogP contribution < -0.4 is 5.32 Å². The maximum atomic E-state index is 13.0. The SMILES string of the molecule is COC(=O)Cc1nnc(NC(=O)c2cccc(F)c2)s1. The molecule has 20 heavy (non-hydrogen) atoms. The van der Waals surface area contributed by atoms with Gasteiger partial charge in [0.1, 0.15) is 10.8 Å². The van der Waals surface area contributed by atoms with Crippen molar-refractivity contribution >= 4 is 28.3 Å². The van der Waals surface area contributed by atoms with Gasteiger partial charge in [0, 0.05) is 5.56 Å². The first kappa shape index (κ1) is 14.1. The molecule has 1 amide bonds. The lowest BCUT2D eigenvalue weighted by Gasteiger charge is -2.00. The molecule has 0 atom stereocenters. The molecule has 0 bridgehead atoms. The predicted molar refractivity (Wildman–Crippen MR) is 70.0 cm³/mol. The van der Waals surface area contributed by atoms with E-state index in [2.05, 4.69) is 20.3 Å². The highest BCUT2D eigenvalue weighted by Gasteiger charge is 2.12. The van der Waals surface area contributed by atoms with Gasteiger partial charge in [0.25, 0.3) is 5.91 Å². The van der Waals surface area contributed by atoms with Gasteiger partial charge in [0.2, 0.25) is 5.13 Å². The van der Waals surface area contributed by atoms with Crippen LogP contribution in [0.2, 0.25) is 0 Å². The largest absolute Gasteiger partial charge is 0.469 e. The van der Waals surface area contributed by atoms with Crippen molar-refractivity contribution in [3.05, 3.63) is 40.7 Å². The van der Waals surface area contributed by atoms with Crippen molar-refractivity contribution in [3.63, 3.8) is 0 Å². The number of amides is 1. The van der Waals surface area contributed by atoms with Crippen LogP contribution >= 0.6 is 11.3 Å². The van der Waals surface area contributed by atoms with Gasteiger partial charge in [0.15, 0.2) is 0 Å². The number of carbonyl (C=O) groups is 2. The second-order valence-corrected chi connectivity index (χ2v) is 4.78. The third-order valence-corrected chi connectivity index (χ3v) is 3.14. The smallest absolute Gasteiger partial charge is 0.312 e. The summed E-state index contributed by atoms with van der Waals surface area (Å²) in [6.45, 7) is 0. The van der Waals surface area contributed by atoms with E-state index in [4.69, 9.17) is 0 Å². The molecule has 0 spiro atoms. The zero-order valence-corrected chi connectivity index (χ0v) is 11.2. The molecule has 1 aromatic carbocycles. The van der Waals surface area contributed by atoms with Crippen LogP contribution in [0.1, 0.15) is 15.4 Å². The first-order chi connectivity index (χ1) is 9.58. The average molecular weight is 295 g/mol. The minimum absolute atomic E-state index is 0.00992. The van der Waals surface area contributed by atoms with Gasteiger partial charge in [-0.1, -0.05) is 17.4 Å². The van der Waals surface area contributed by atoms with Crippen LogP contribution in [0.25, 0.3) is 0 Å². The van der Waals surface area contributed by atoms with E-state index in [1.54, 1.807) is 0 Å². The van der Waals surface area contributed by atoms with Crippen molar-refractivity contribution in [1.29, 1.82) is 0 Å². The van der Waals surface area contributed by atoms with Crippen LogP contribution in [-0.2, 0) is 16.0 Å². The zero-order valence-electron chi connectivity index (χ0n) is 10.4. The zero-order chi connectivity index (χ0) is 14.5. The summed E-state index contributed by atoms with van der Waals surface area (Å²) < 4.78 is 17.5. The van der Waals surface area contributed by atoms with Crippen molar-refractivity contribution in [2.75, 3.05) is 12.4 Å². The second kappa shape index (κ2) is 6.20. The number of carbonyl (C=O) groups excluding carboxylic acids is 2. The van der Waals surface area contributed by atoms with E-state index in [9.17, 15) is 14.0 Å². The molecule has 1 heterocycles. The van der Waals surface area contributed by atoms with Crippen molar-refractivity contribution in [3.8, 4) is 0 Å². The number of nitrogens with zero attached hydrogens (tertiary/aromatic N) is 2. The molecule has 0 fully saturated rings. The summed E-state index contributed by atoms with van der Waals surface area (Å²) in [4.78, 5) is 22.9. The number of hydrogen-bond donors (Lipinski definition) is 1. The monoisotopic (exact) mass is 295 g/mol. The maximum absolute atomic E-state index is 13.0. The molecule has 0 aliphatic rings. The van der Waals surface area contributed by atoms with Crippen LogP contribution in [-0.4, -0.2) is 29.2 Å². The molecule has 8 heteroatoms. The Kier molecular flexibility index (Phi) is 4.36. The number of ether oxygens (including phenoxy) is 1. The molecule has 0 saturated heterocycles. The van der Waals surface area contributed by atoms with Gasteiger partial charge in [-0.05, 0) is 18.2 Å². The van der Waals surface area contributed by atoms with Gasteiger partial charge >= 0.3 is 5.97 Å². The van der Waals surface area contributed by atoms with E-state index < -0.39 is 17.7 Å². The Labute approximate surface area is 117 Å². The van der Waals surface area contributed by atoms with E-state index in [1.807, 2.05) is 0 Å². The number of hydrogen-bond acceptors (Lipinski definition) is 6. The third kappa shape index (κ3) is 3.58. The van der Waals surface area contributed by atoms with Crippen LogP contribution in [0.4, 0.5) is 9.52 Å². The summed E-state index contributed by atoms with van der Waals surface area (Å²) in [6.07, 6.45) is -0.00992. The minimum Gasteiger partial charge on any atom is -0.469 e. The average Bonchev–Trinajstić information content (AvgIpc) is 2.85. The fraction of sp³-hybridized carbons (Fsp3) is 0.167. The molecule has 104 valence electrons. The Hall–Kier alpha value is -2.35. The van der Waals surface area contributed by atoms with E-state index in [0.29, 0.717) is 5.01 Å². The summed E-state index contributed by atoms with van der Waals surface area (Å²) in [7, 11) is 1.27. The van der Waals surface area contributed by atoms with E-state index in [-0.39, 0.29) is 17.1 Å². The van der Waals surface area contributed by atoms with E-state index >= 15 is 0 Å². The number of aromatic nitrogens is 2. The highest BCUT2D eigenvalue weighted by Crippen LogP contribution is 2.17. The Morgan fingerprint density at radius 3 is 2.90 bits per heavy atom. The highest BCUT2D eigenvalue weighted by atomic mass is 32.1. The van der Waals surface area contributed by atoms with E-state index in [1.165, 1.54) is 25.3 Å². The van der Waals surface area contributed by atoms with Gasteiger partial charge in [-0.3, -0.25) is 14.9 Å². The Balaban J connectivity index is 2.03. The molecular weight excluding hydrogens is 285 g/mol. The maximum Gasteiger partial charge on any atom is 0.312 e. The molecule has 0 saturated carbocycles. The number of esters is 1. The van der Waals surface area contributed by atoms with Crippen LogP contribution in [0, 0.1) is 5.82 Å². The number of halogens is 1.